The van der Waals surface area contributed by atoms with Crippen molar-refractivity contribution in [2.24, 2.45) is 0 Å². The summed E-state index contributed by atoms with van der Waals surface area (Å²) in [6, 6.07) is 10.2. The van der Waals surface area contributed by atoms with Crippen molar-refractivity contribution in [1.82, 2.24) is 49.8 Å². The van der Waals surface area contributed by atoms with Gasteiger partial charge in [0.15, 0.2) is 0 Å². The van der Waals surface area contributed by atoms with Crippen LogP contribution in [0.3, 0.4) is 0 Å². The second kappa shape index (κ2) is 29.4. The Morgan fingerprint density at radius 1 is 0.617 bits per heavy atom. The summed E-state index contributed by atoms with van der Waals surface area (Å²) in [6.45, 7) is 34.7. The smallest absolute Gasteiger partial charge is 0.410 e. The first-order valence-corrected chi connectivity index (χ1v) is 29.1. The number of amides is 3. The Labute approximate surface area is 495 Å². The molecule has 454 valence electrons. The number of hydrogen-bond donors (Lipinski definition) is 1. The normalized spacial score (nSPS) is 21.8. The number of benzene rings is 1. The number of anilines is 2. The van der Waals surface area contributed by atoms with Crippen molar-refractivity contribution in [3.63, 3.8) is 0 Å². The Morgan fingerprint density at radius 3 is 1.54 bits per heavy atom. The molecule has 9 rings (SSSR count). The van der Waals surface area contributed by atoms with Crippen LogP contribution in [-0.4, -0.2) is 216 Å². The molecule has 0 radical (unpaired) electrons. The van der Waals surface area contributed by atoms with Crippen LogP contribution in [-0.2, 0) is 76.6 Å². The van der Waals surface area contributed by atoms with Crippen LogP contribution in [0.15, 0.2) is 30.3 Å². The zero-order chi connectivity index (χ0) is 57.0. The van der Waals surface area contributed by atoms with Crippen molar-refractivity contribution in [2.45, 2.75) is 150 Å². The number of carbonyl (C=O) groups is 3. The fourth-order valence-electron chi connectivity index (χ4n) is 11.2. The number of fused-ring (bicyclic) bond motifs is 2. The third-order valence-electron chi connectivity index (χ3n) is 14.9. The molecular weight excluding hydrogens is 1130 g/mol. The van der Waals surface area contributed by atoms with Crippen LogP contribution in [0, 0.1) is 0 Å². The molecule has 8 heterocycles. The first-order valence-electron chi connectivity index (χ1n) is 29.1. The van der Waals surface area contributed by atoms with E-state index in [0.717, 1.165) is 132 Å². The minimum atomic E-state index is -0.568. The van der Waals surface area contributed by atoms with Gasteiger partial charge >= 0.3 is 30.3 Å². The summed E-state index contributed by atoms with van der Waals surface area (Å²) in [6.07, 6.45) is 2.32. The molecule has 0 spiro atoms. The van der Waals surface area contributed by atoms with Gasteiger partial charge in [-0.1, -0.05) is 30.3 Å². The number of carbonyl (C=O) groups excluding carboxylic acids is 3. The second-order valence-electron chi connectivity index (χ2n) is 23.9. The van der Waals surface area contributed by atoms with Gasteiger partial charge in [-0.3, -0.25) is 19.6 Å². The minimum Gasteiger partial charge on any atom is -0.463 e. The summed E-state index contributed by atoms with van der Waals surface area (Å²) in [7, 11) is 0. The molecule has 6 aliphatic heterocycles. The van der Waals surface area contributed by atoms with E-state index in [1.54, 1.807) is 4.90 Å². The number of hydrogen-bond acceptors (Lipinski definition) is 19. The van der Waals surface area contributed by atoms with Gasteiger partial charge in [-0.15, -0.1) is 0 Å². The Kier molecular flexibility index (Phi) is 23.0. The summed E-state index contributed by atoms with van der Waals surface area (Å²) >= 11 is 0. The molecule has 0 unspecified atom stereocenters. The van der Waals surface area contributed by atoms with Crippen LogP contribution < -0.4 is 24.6 Å². The van der Waals surface area contributed by atoms with E-state index in [1.807, 2.05) is 95.5 Å². The third kappa shape index (κ3) is 18.2. The molecule has 0 bridgehead atoms. The molecule has 81 heavy (non-hydrogen) atoms. The molecule has 23 heteroatoms. The molecule has 3 aromatic rings. The molecule has 1 aromatic carbocycles. The van der Waals surface area contributed by atoms with E-state index < -0.39 is 11.2 Å². The fraction of sp³-hybridized carbons (Fsp3) is 0.707. The van der Waals surface area contributed by atoms with Crippen molar-refractivity contribution >= 4 is 29.9 Å². The molecule has 4 saturated heterocycles. The number of rotatable bonds is 14. The monoisotopic (exact) mass is 1220 g/mol. The van der Waals surface area contributed by atoms with E-state index in [4.69, 9.17) is 53.1 Å². The summed E-state index contributed by atoms with van der Waals surface area (Å²) < 4.78 is 40.1. The van der Waals surface area contributed by atoms with E-state index in [-0.39, 0.29) is 70.9 Å². The predicted molar refractivity (Wildman–Crippen MR) is 305 cm³/mol. The van der Waals surface area contributed by atoms with Gasteiger partial charge in [0.05, 0.1) is 81.7 Å². The van der Waals surface area contributed by atoms with E-state index in [9.17, 15) is 14.4 Å². The van der Waals surface area contributed by atoms with E-state index in [1.165, 1.54) is 5.56 Å². The van der Waals surface area contributed by atoms with Crippen molar-refractivity contribution in [2.75, 3.05) is 128 Å². The standard InChI is InChI=1S/C33H48N6O6.C25H42N6O4.Pd.H2/c1-24-20-38(21-25(2)39(24)32(41)45-33(3,4)5)29-27-12-14-37(31(40)44-23-26-10-7-6-8-11-26)22-28(27)34-30(35-29)43-17-9-13-36-15-18-42-19-16-36;1-18-16-30(17-19(2)31(18)24(32)35-25(3,4)5)22-20-7-8-26-15-21(20)27-23(28-22)34-12-6-9-29-10-13-33-14-11-29;;/h6-8,10-11,24-25H,9,12-23H2,1-5H3;18-19,26H,6-17H2,1-5H3;;1H/t24-,25+;18-,19+;;. The first kappa shape index (κ1) is 63.4. The van der Waals surface area contributed by atoms with E-state index >= 15 is 0 Å². The number of nitrogens with zero attached hydrogens (tertiary/aromatic N) is 11. The van der Waals surface area contributed by atoms with Crippen LogP contribution in [0.25, 0.3) is 0 Å². The predicted octanol–water partition coefficient (Wildman–Crippen LogP) is 6.41. The van der Waals surface area contributed by atoms with Gasteiger partial charge in [-0.2, -0.15) is 19.9 Å². The van der Waals surface area contributed by atoms with Gasteiger partial charge in [0.25, 0.3) is 0 Å². The van der Waals surface area contributed by atoms with Crippen molar-refractivity contribution in [3.05, 3.63) is 58.4 Å². The third-order valence-corrected chi connectivity index (χ3v) is 14.9. The summed E-state index contributed by atoms with van der Waals surface area (Å²) in [5.74, 6) is 1.75. The number of nitrogens with one attached hydrogen (secondary N) is 1. The molecule has 3 amide bonds. The molecule has 4 fully saturated rings. The molecule has 1 N–H and O–H groups in total. The number of morpholine rings is 2. The van der Waals surface area contributed by atoms with Crippen LogP contribution in [0.1, 0.15) is 112 Å². The van der Waals surface area contributed by atoms with Crippen LogP contribution in [0.4, 0.5) is 26.0 Å². The van der Waals surface area contributed by atoms with Gasteiger partial charge in [0.1, 0.15) is 29.4 Å². The summed E-state index contributed by atoms with van der Waals surface area (Å²) in [5, 5.41) is 3.42. The Bertz CT molecular complexity index is 2490. The topological polar surface area (TPSA) is 202 Å². The molecule has 0 aliphatic carbocycles. The van der Waals surface area contributed by atoms with Crippen LogP contribution in [0.2, 0.25) is 0 Å². The summed E-state index contributed by atoms with van der Waals surface area (Å²) in [4.78, 5) is 73.0. The SMILES string of the molecule is C[C@@H]1CN(c2nc(OCCCN3CCOCC3)nc3c2CCN(C(=O)OCc2ccccc2)C3)C[C@H](C)N1C(=O)OC(C)(C)C.C[C@@H]1CN(c2nc(OCCCN3CCOCC3)nc3c2CCNC3)C[C@H](C)N1C(=O)OC(C)(C)C.[HH].[Pd]. The second-order valence-corrected chi connectivity index (χ2v) is 23.9. The van der Waals surface area contributed by atoms with Gasteiger partial charge in [-0.25, -0.2) is 14.4 Å². The molecule has 4 atom stereocenters. The number of aromatic nitrogens is 4. The van der Waals surface area contributed by atoms with Gasteiger partial charge in [-0.05, 0) is 107 Å². The minimum absolute atomic E-state index is 0. The first-order chi connectivity index (χ1) is 38.3. The van der Waals surface area contributed by atoms with Gasteiger partial charge in [0.2, 0.25) is 0 Å². The molecule has 2 aromatic heterocycles. The average Bonchev–Trinajstić information content (AvgIpc) is 3.57. The number of piperazine rings is 2. The zero-order valence-corrected chi connectivity index (χ0v) is 51.2. The molecule has 22 nitrogen and oxygen atoms in total. The largest absolute Gasteiger partial charge is 0.463 e. The Hall–Kier alpha value is -5.15. The number of ether oxygens (including phenoxy) is 7. The average molecular weight is 1220 g/mol. The molecule has 0 saturated carbocycles. The van der Waals surface area contributed by atoms with E-state index in [2.05, 4.69) is 38.8 Å². The maximum atomic E-state index is 13.1. The quantitative estimate of drug-likeness (QED) is 0.105. The van der Waals surface area contributed by atoms with Crippen LogP contribution in [0.5, 0.6) is 12.0 Å². The van der Waals surface area contributed by atoms with Gasteiger partial charge < -0.3 is 53.2 Å². The van der Waals surface area contributed by atoms with E-state index in [0.29, 0.717) is 70.9 Å². The maximum absolute atomic E-state index is 13.1. The summed E-state index contributed by atoms with van der Waals surface area (Å²) in [5.41, 5.74) is 3.83. The fourth-order valence-corrected chi connectivity index (χ4v) is 11.2. The maximum Gasteiger partial charge on any atom is 0.410 e. The molecule has 6 aliphatic rings. The molecular formula is C58H92N12O10Pd. The van der Waals surface area contributed by atoms with Crippen molar-refractivity contribution in [3.8, 4) is 12.0 Å². The Morgan fingerprint density at radius 2 is 1.07 bits per heavy atom. The van der Waals surface area contributed by atoms with Crippen molar-refractivity contribution < 1.29 is 69.4 Å². The van der Waals surface area contributed by atoms with Crippen molar-refractivity contribution in [1.29, 1.82) is 0 Å². The Balaban J connectivity index is 0.000000265. The van der Waals surface area contributed by atoms with Gasteiger partial charge in [0, 0.05) is 112 Å². The zero-order valence-electron chi connectivity index (χ0n) is 49.7. The van der Waals surface area contributed by atoms with Crippen LogP contribution >= 0.6 is 0 Å².